The van der Waals surface area contributed by atoms with Crippen molar-refractivity contribution < 1.29 is 23.2 Å². The predicted octanol–water partition coefficient (Wildman–Crippen LogP) is 1.80. The van der Waals surface area contributed by atoms with Gasteiger partial charge < -0.3 is 5.11 Å². The van der Waals surface area contributed by atoms with E-state index in [9.17, 15) is 23.3 Å². The summed E-state index contributed by atoms with van der Waals surface area (Å²) in [6.07, 6.45) is -0.353. The summed E-state index contributed by atoms with van der Waals surface area (Å²) in [5, 5.41) is 19.2. The molecule has 0 aliphatic rings. The van der Waals surface area contributed by atoms with Gasteiger partial charge in [-0.05, 0) is 0 Å². The highest BCUT2D eigenvalue weighted by Crippen LogP contribution is 2.37. The van der Waals surface area contributed by atoms with Crippen molar-refractivity contribution in [2.45, 2.75) is 17.6 Å². The van der Waals surface area contributed by atoms with E-state index in [2.05, 4.69) is 0 Å². The molecule has 0 radical (unpaired) electrons. The van der Waals surface area contributed by atoms with E-state index in [4.69, 9.17) is 16.7 Å². The van der Waals surface area contributed by atoms with E-state index < -0.39 is 26.6 Å². The molecule has 0 bridgehead atoms. The molecule has 1 N–H and O–H groups in total. The van der Waals surface area contributed by atoms with E-state index in [0.29, 0.717) is 11.3 Å². The molecule has 0 saturated carbocycles. The van der Waals surface area contributed by atoms with Crippen LogP contribution in [0.5, 0.6) is 0 Å². The molecule has 1 rings (SSSR count). The van der Waals surface area contributed by atoms with Crippen molar-refractivity contribution in [2.24, 2.45) is 0 Å². The van der Waals surface area contributed by atoms with Gasteiger partial charge in [0.05, 0.1) is 11.3 Å². The van der Waals surface area contributed by atoms with Crippen LogP contribution in [0.25, 0.3) is 0 Å². The van der Waals surface area contributed by atoms with Crippen LogP contribution in [-0.2, 0) is 14.8 Å². The van der Waals surface area contributed by atoms with Crippen molar-refractivity contribution >= 4 is 44.6 Å². The average Bonchev–Trinajstić information content (AvgIpc) is 2.72. The van der Waals surface area contributed by atoms with Gasteiger partial charge in [0, 0.05) is 19.2 Å². The first-order valence-corrected chi connectivity index (χ1v) is 7.99. The van der Waals surface area contributed by atoms with Gasteiger partial charge >= 0.3 is 5.97 Å². The molecule has 0 aliphatic heterocycles. The zero-order valence-electron chi connectivity index (χ0n) is 10.3. The number of thiophene rings is 1. The molecule has 0 fully saturated rings. The number of halogens is 1. The zero-order valence-corrected chi connectivity index (χ0v) is 12.7. The van der Waals surface area contributed by atoms with E-state index in [0.717, 1.165) is 10.4 Å². The second-order valence-electron chi connectivity index (χ2n) is 3.62. The molecule has 0 atom stereocenters. The summed E-state index contributed by atoms with van der Waals surface area (Å²) in [5.74, 6) is -1.13. The molecule has 11 heteroatoms. The summed E-state index contributed by atoms with van der Waals surface area (Å²) < 4.78 is 24.9. The van der Waals surface area contributed by atoms with Crippen LogP contribution >= 0.6 is 22.9 Å². The van der Waals surface area contributed by atoms with Gasteiger partial charge in [0.15, 0.2) is 4.34 Å². The molecule has 0 unspecified atom stereocenters. The maximum Gasteiger partial charge on any atom is 0.304 e. The Morgan fingerprint density at radius 3 is 2.60 bits per heavy atom. The summed E-state index contributed by atoms with van der Waals surface area (Å²) in [6, 6.07) is 0.881. The van der Waals surface area contributed by atoms with Crippen molar-refractivity contribution in [2.75, 3.05) is 13.1 Å². The number of nitrogens with zero attached hydrogens (tertiary/aromatic N) is 2. The highest BCUT2D eigenvalue weighted by molar-refractivity contribution is 7.91. The molecule has 0 spiro atoms. The highest BCUT2D eigenvalue weighted by atomic mass is 35.5. The molecule has 1 heterocycles. The van der Waals surface area contributed by atoms with Crippen LogP contribution in [0.3, 0.4) is 0 Å². The van der Waals surface area contributed by atoms with E-state index in [-0.39, 0.29) is 28.1 Å². The summed E-state index contributed by atoms with van der Waals surface area (Å²) in [4.78, 5) is 20.4. The Balaban J connectivity index is 3.10. The van der Waals surface area contributed by atoms with Gasteiger partial charge in [0.2, 0.25) is 0 Å². The van der Waals surface area contributed by atoms with Crippen LogP contribution < -0.4 is 0 Å². The third kappa shape index (κ3) is 3.66. The standard InChI is InChI=1S/C9H11ClN2O6S2/c1-2-11(4-3-7(13)14)20(17,18)8-5-6(12(15)16)9(10)19-8/h5H,2-4H2,1H3,(H,13,14). The highest BCUT2D eigenvalue weighted by Gasteiger charge is 2.29. The average molecular weight is 343 g/mol. The zero-order chi connectivity index (χ0) is 15.5. The van der Waals surface area contributed by atoms with E-state index >= 15 is 0 Å². The molecule has 112 valence electrons. The summed E-state index contributed by atoms with van der Waals surface area (Å²) >= 11 is 6.20. The van der Waals surface area contributed by atoms with Gasteiger partial charge in [0.1, 0.15) is 4.21 Å². The molecule has 20 heavy (non-hydrogen) atoms. The van der Waals surface area contributed by atoms with Gasteiger partial charge in [-0.15, -0.1) is 11.3 Å². The third-order valence-corrected chi connectivity index (χ3v) is 6.13. The Morgan fingerprint density at radius 1 is 1.60 bits per heavy atom. The van der Waals surface area contributed by atoms with Crippen LogP contribution in [0.2, 0.25) is 4.34 Å². The van der Waals surface area contributed by atoms with Crippen LogP contribution in [0.1, 0.15) is 13.3 Å². The Hall–Kier alpha value is -1.23. The van der Waals surface area contributed by atoms with Gasteiger partial charge in [-0.3, -0.25) is 14.9 Å². The Bertz CT molecular complexity index is 626. The van der Waals surface area contributed by atoms with Crippen molar-refractivity contribution in [1.82, 2.24) is 4.31 Å². The number of hydrogen-bond donors (Lipinski definition) is 1. The Labute approximate surface area is 123 Å². The predicted molar refractivity (Wildman–Crippen MR) is 72.7 cm³/mol. The first-order valence-electron chi connectivity index (χ1n) is 5.35. The lowest BCUT2D eigenvalue weighted by Crippen LogP contribution is -2.32. The van der Waals surface area contributed by atoms with Crippen LogP contribution in [0.4, 0.5) is 5.69 Å². The lowest BCUT2D eigenvalue weighted by atomic mass is 10.4. The number of rotatable bonds is 7. The molecular weight excluding hydrogens is 332 g/mol. The number of aliphatic carboxylic acids is 1. The molecule has 1 aromatic rings. The molecule has 1 aromatic heterocycles. The lowest BCUT2D eigenvalue weighted by Gasteiger charge is -2.18. The molecule has 8 nitrogen and oxygen atoms in total. The van der Waals surface area contributed by atoms with Crippen molar-refractivity contribution in [1.29, 1.82) is 0 Å². The fourth-order valence-electron chi connectivity index (χ4n) is 1.39. The number of carboxylic acids is 1. The summed E-state index contributed by atoms with van der Waals surface area (Å²) in [6.45, 7) is 1.39. The topological polar surface area (TPSA) is 118 Å². The first-order chi connectivity index (χ1) is 9.20. The SMILES string of the molecule is CCN(CCC(=O)O)S(=O)(=O)c1cc([N+](=O)[O-])c(Cl)s1. The maximum absolute atomic E-state index is 12.2. The van der Waals surface area contributed by atoms with Crippen molar-refractivity contribution in [3.8, 4) is 0 Å². The normalized spacial score (nSPS) is 11.8. The number of hydrogen-bond acceptors (Lipinski definition) is 6. The fourth-order valence-corrected chi connectivity index (χ4v) is 4.66. The monoisotopic (exact) mass is 342 g/mol. The second-order valence-corrected chi connectivity index (χ2v) is 7.44. The molecule has 0 aromatic carbocycles. The number of nitro groups is 1. The summed E-state index contributed by atoms with van der Waals surface area (Å²) in [5.41, 5.74) is -0.482. The van der Waals surface area contributed by atoms with E-state index in [1.54, 1.807) is 6.92 Å². The quantitative estimate of drug-likeness (QED) is 0.596. The van der Waals surface area contributed by atoms with Gasteiger partial charge in [-0.25, -0.2) is 8.42 Å². The van der Waals surface area contributed by atoms with E-state index in [1.165, 1.54) is 0 Å². The number of sulfonamides is 1. The van der Waals surface area contributed by atoms with Crippen molar-refractivity contribution in [3.63, 3.8) is 0 Å². The van der Waals surface area contributed by atoms with Crippen molar-refractivity contribution in [3.05, 3.63) is 20.5 Å². The lowest BCUT2D eigenvalue weighted by molar-refractivity contribution is -0.384. The third-order valence-electron chi connectivity index (χ3n) is 2.36. The van der Waals surface area contributed by atoms with Crippen LogP contribution in [0, 0.1) is 10.1 Å². The molecule has 0 amide bonds. The first kappa shape index (κ1) is 16.8. The fraction of sp³-hybridized carbons (Fsp3) is 0.444. The molecule has 0 saturated heterocycles. The van der Waals surface area contributed by atoms with Gasteiger partial charge in [-0.1, -0.05) is 18.5 Å². The van der Waals surface area contributed by atoms with Crippen LogP contribution in [-0.4, -0.2) is 41.8 Å². The molecule has 0 aliphatic carbocycles. The van der Waals surface area contributed by atoms with Crippen LogP contribution in [0.15, 0.2) is 10.3 Å². The largest absolute Gasteiger partial charge is 0.481 e. The Kier molecular flexibility index (Phi) is 5.45. The number of carbonyl (C=O) groups is 1. The maximum atomic E-state index is 12.2. The smallest absolute Gasteiger partial charge is 0.304 e. The minimum Gasteiger partial charge on any atom is -0.481 e. The Morgan fingerprint density at radius 2 is 2.20 bits per heavy atom. The van der Waals surface area contributed by atoms with Gasteiger partial charge in [-0.2, -0.15) is 4.31 Å². The van der Waals surface area contributed by atoms with E-state index in [1.807, 2.05) is 0 Å². The van der Waals surface area contributed by atoms with Gasteiger partial charge in [0.25, 0.3) is 15.7 Å². The summed E-state index contributed by atoms with van der Waals surface area (Å²) in [7, 11) is -3.98. The minimum absolute atomic E-state index is 0.0545. The second kappa shape index (κ2) is 6.48. The number of carboxylic acid groups (broad SMARTS) is 1. The molecular formula is C9H11ClN2O6S2. The minimum atomic E-state index is -3.98.